The average molecular weight is 340 g/mol. The molecule has 0 saturated heterocycles. The van der Waals surface area contributed by atoms with E-state index in [2.05, 4.69) is 6.92 Å². The van der Waals surface area contributed by atoms with Gasteiger partial charge in [-0.05, 0) is 24.8 Å². The van der Waals surface area contributed by atoms with Gasteiger partial charge in [0, 0.05) is 5.39 Å². The first-order valence-corrected chi connectivity index (χ1v) is 9.39. The first-order chi connectivity index (χ1) is 10.9. The van der Waals surface area contributed by atoms with E-state index in [4.69, 9.17) is 4.55 Å². The lowest BCUT2D eigenvalue weighted by Crippen LogP contribution is -1.98. The number of halogens is 1. The molecule has 1 N–H and O–H groups in total. The number of benzene rings is 2. The van der Waals surface area contributed by atoms with Gasteiger partial charge in [0.2, 0.25) is 0 Å². The Kier molecular flexibility index (Phi) is 8.20. The van der Waals surface area contributed by atoms with E-state index in [9.17, 15) is 12.8 Å². The van der Waals surface area contributed by atoms with Crippen LogP contribution in [-0.2, 0) is 10.1 Å². The van der Waals surface area contributed by atoms with Crippen LogP contribution in [0.25, 0.3) is 10.8 Å². The molecule has 128 valence electrons. The monoisotopic (exact) mass is 340 g/mol. The Bertz CT molecular complexity index is 691. The highest BCUT2D eigenvalue weighted by atomic mass is 32.2. The zero-order chi connectivity index (χ0) is 17.3. The Hall–Kier alpha value is -1.46. The van der Waals surface area contributed by atoms with Crippen LogP contribution >= 0.6 is 0 Å². The summed E-state index contributed by atoms with van der Waals surface area (Å²) in [6.45, 7) is 3.80. The number of fused-ring (bicyclic) bond motifs is 1. The van der Waals surface area contributed by atoms with Crippen LogP contribution in [0.2, 0.25) is 0 Å². The van der Waals surface area contributed by atoms with Crippen LogP contribution < -0.4 is 0 Å². The van der Waals surface area contributed by atoms with Crippen molar-refractivity contribution in [2.45, 2.75) is 57.0 Å². The number of alkyl halides is 1. The van der Waals surface area contributed by atoms with Crippen LogP contribution in [0.15, 0.2) is 47.4 Å². The minimum Gasteiger partial charge on any atom is -0.282 e. The summed E-state index contributed by atoms with van der Waals surface area (Å²) < 4.78 is 43.1. The van der Waals surface area contributed by atoms with Gasteiger partial charge in [0.1, 0.15) is 4.90 Å². The summed E-state index contributed by atoms with van der Waals surface area (Å²) in [6.07, 6.45) is 4.91. The molecule has 2 aromatic carbocycles. The molecule has 3 nitrogen and oxygen atoms in total. The topological polar surface area (TPSA) is 54.4 Å². The maximum Gasteiger partial charge on any atom is 0.295 e. The maximum absolute atomic E-state index is 12.1. The van der Waals surface area contributed by atoms with E-state index in [1.54, 1.807) is 37.3 Å². The molecule has 0 amide bonds. The quantitative estimate of drug-likeness (QED) is 0.566. The lowest BCUT2D eigenvalue weighted by atomic mass is 10.1. The van der Waals surface area contributed by atoms with Crippen LogP contribution in [0.4, 0.5) is 4.39 Å². The van der Waals surface area contributed by atoms with E-state index in [0.29, 0.717) is 5.39 Å². The van der Waals surface area contributed by atoms with Crippen molar-refractivity contribution in [1.82, 2.24) is 0 Å². The number of unbranched alkanes of at least 4 members (excludes halogenated alkanes) is 3. The van der Waals surface area contributed by atoms with Gasteiger partial charge in [-0.3, -0.25) is 4.55 Å². The summed E-state index contributed by atoms with van der Waals surface area (Å²) in [5, 5.41) is 1.33. The normalized spacial score (nSPS) is 12.5. The van der Waals surface area contributed by atoms with Gasteiger partial charge in [-0.15, -0.1) is 0 Å². The highest BCUT2D eigenvalue weighted by molar-refractivity contribution is 7.86. The van der Waals surface area contributed by atoms with Gasteiger partial charge in [-0.2, -0.15) is 8.42 Å². The Labute approximate surface area is 138 Å². The van der Waals surface area contributed by atoms with Gasteiger partial charge in [0.05, 0.1) is 6.17 Å². The first-order valence-electron chi connectivity index (χ1n) is 7.95. The van der Waals surface area contributed by atoms with Gasteiger partial charge < -0.3 is 0 Å². The molecule has 0 aliphatic carbocycles. The zero-order valence-electron chi connectivity index (χ0n) is 13.7. The van der Waals surface area contributed by atoms with E-state index in [1.165, 1.54) is 25.3 Å². The summed E-state index contributed by atoms with van der Waals surface area (Å²) in [4.78, 5) is -0.0457. The second-order valence-corrected chi connectivity index (χ2v) is 6.97. The summed E-state index contributed by atoms with van der Waals surface area (Å²) in [5.41, 5.74) is 0. The van der Waals surface area contributed by atoms with Crippen molar-refractivity contribution in [2.24, 2.45) is 0 Å². The Balaban J connectivity index is 0.000000257. The summed E-state index contributed by atoms with van der Waals surface area (Å²) in [7, 11) is -4.13. The van der Waals surface area contributed by atoms with Gasteiger partial charge in [0.25, 0.3) is 10.1 Å². The van der Waals surface area contributed by atoms with Crippen molar-refractivity contribution < 1.29 is 17.4 Å². The molecule has 0 aromatic heterocycles. The second-order valence-electron chi connectivity index (χ2n) is 5.58. The molecule has 0 aliphatic heterocycles. The molecule has 0 saturated carbocycles. The van der Waals surface area contributed by atoms with Crippen molar-refractivity contribution >= 4 is 20.9 Å². The van der Waals surface area contributed by atoms with E-state index in [0.717, 1.165) is 18.2 Å². The van der Waals surface area contributed by atoms with Crippen molar-refractivity contribution in [2.75, 3.05) is 0 Å². The molecule has 0 bridgehead atoms. The molecular formula is C18H25FO3S. The van der Waals surface area contributed by atoms with Gasteiger partial charge >= 0.3 is 0 Å². The van der Waals surface area contributed by atoms with Gasteiger partial charge in [-0.25, -0.2) is 4.39 Å². The van der Waals surface area contributed by atoms with Crippen LogP contribution in [-0.4, -0.2) is 19.1 Å². The number of hydrogen-bond acceptors (Lipinski definition) is 2. The molecule has 2 aromatic rings. The molecule has 5 heteroatoms. The zero-order valence-corrected chi connectivity index (χ0v) is 14.5. The van der Waals surface area contributed by atoms with Crippen LogP contribution in [0, 0.1) is 0 Å². The maximum atomic E-state index is 12.1. The molecule has 23 heavy (non-hydrogen) atoms. The lowest BCUT2D eigenvalue weighted by Gasteiger charge is -2.02. The predicted octanol–water partition coefficient (Wildman–Crippen LogP) is 5.40. The smallest absolute Gasteiger partial charge is 0.282 e. The van der Waals surface area contributed by atoms with Crippen molar-refractivity contribution in [3.63, 3.8) is 0 Å². The molecule has 2 rings (SSSR count). The third-order valence-corrected chi connectivity index (χ3v) is 4.39. The Morgan fingerprint density at radius 2 is 1.70 bits per heavy atom. The lowest BCUT2D eigenvalue weighted by molar-refractivity contribution is 0.330. The van der Waals surface area contributed by atoms with E-state index < -0.39 is 16.3 Å². The third-order valence-electron chi connectivity index (χ3n) is 3.48. The average Bonchev–Trinajstić information content (AvgIpc) is 2.50. The summed E-state index contributed by atoms with van der Waals surface area (Å²) >= 11 is 0. The van der Waals surface area contributed by atoms with Crippen molar-refractivity contribution in [3.8, 4) is 0 Å². The first kappa shape index (κ1) is 19.6. The number of hydrogen-bond donors (Lipinski definition) is 1. The summed E-state index contributed by atoms with van der Waals surface area (Å²) in [6, 6.07) is 11.8. The van der Waals surface area contributed by atoms with E-state index >= 15 is 0 Å². The van der Waals surface area contributed by atoms with Crippen molar-refractivity contribution in [1.29, 1.82) is 0 Å². The fourth-order valence-electron chi connectivity index (χ4n) is 2.27. The molecule has 0 aliphatic rings. The fraction of sp³-hybridized carbons (Fsp3) is 0.444. The third kappa shape index (κ3) is 7.10. The molecule has 0 radical (unpaired) electrons. The fourth-order valence-corrected chi connectivity index (χ4v) is 2.99. The van der Waals surface area contributed by atoms with E-state index in [-0.39, 0.29) is 4.90 Å². The Morgan fingerprint density at radius 3 is 2.30 bits per heavy atom. The highest BCUT2D eigenvalue weighted by Gasteiger charge is 2.12. The van der Waals surface area contributed by atoms with Crippen LogP contribution in [0.5, 0.6) is 0 Å². The van der Waals surface area contributed by atoms with Crippen molar-refractivity contribution in [3.05, 3.63) is 42.5 Å². The van der Waals surface area contributed by atoms with Gasteiger partial charge in [0.15, 0.2) is 0 Å². The molecule has 0 heterocycles. The molecule has 0 fully saturated rings. The summed E-state index contributed by atoms with van der Waals surface area (Å²) in [5.74, 6) is 0. The second kappa shape index (κ2) is 9.63. The largest absolute Gasteiger partial charge is 0.295 e. The molecular weight excluding hydrogens is 315 g/mol. The van der Waals surface area contributed by atoms with Crippen LogP contribution in [0.1, 0.15) is 46.0 Å². The predicted molar refractivity (Wildman–Crippen MR) is 93.1 cm³/mol. The van der Waals surface area contributed by atoms with E-state index in [1.807, 2.05) is 6.07 Å². The standard InChI is InChI=1S/C10H8O3S.C8H17F/c11-14(12,13)10-7-3-5-8-4-1-2-6-9(8)10;1-3-4-5-6-7-8(2)9/h1-7H,(H,11,12,13);8H,3-7H2,1-2H3. The minimum absolute atomic E-state index is 0.0457. The molecule has 0 spiro atoms. The Morgan fingerprint density at radius 1 is 1.04 bits per heavy atom. The molecule has 1 atom stereocenters. The number of rotatable bonds is 6. The highest BCUT2D eigenvalue weighted by Crippen LogP contribution is 2.22. The SMILES string of the molecule is CCCCCCC(C)F.O=S(=O)(O)c1cccc2ccccc12. The van der Waals surface area contributed by atoms with Crippen LogP contribution in [0.3, 0.4) is 0 Å². The minimum atomic E-state index is -4.13. The molecule has 1 unspecified atom stereocenters. The van der Waals surface area contributed by atoms with Gasteiger partial charge in [-0.1, -0.05) is 69.0 Å².